The summed E-state index contributed by atoms with van der Waals surface area (Å²) in [7, 11) is 0. The van der Waals surface area contributed by atoms with Gasteiger partial charge in [-0.25, -0.2) is 0 Å². The van der Waals surface area contributed by atoms with Crippen LogP contribution in [-0.2, 0) is 47.5 Å². The first kappa shape index (κ1) is 94.9. The number of carbonyl (C=O) groups excluding carboxylic acids is 6. The molecule has 0 bridgehead atoms. The molecule has 4 saturated carbocycles. The van der Waals surface area contributed by atoms with Crippen molar-refractivity contribution in [3.63, 3.8) is 0 Å². The number of amides is 6. The second-order valence-corrected chi connectivity index (χ2v) is 40.9. The minimum Gasteiger partial charge on any atom is -0.456 e. The second kappa shape index (κ2) is 38.3. The molecule has 6 aliphatic heterocycles. The van der Waals surface area contributed by atoms with Crippen molar-refractivity contribution >= 4 is 78.5 Å². The number of alkyl halides is 6. The molecule has 19 rings (SSSR count). The van der Waals surface area contributed by atoms with Gasteiger partial charge in [-0.3, -0.25) is 38.6 Å². The van der Waals surface area contributed by atoms with E-state index in [0.717, 1.165) is 22.3 Å². The smallest absolute Gasteiger partial charge is 0.391 e. The summed E-state index contributed by atoms with van der Waals surface area (Å²) in [5, 5.41) is -0.141. The van der Waals surface area contributed by atoms with Gasteiger partial charge < -0.3 is 66.6 Å². The normalized spacial score (nSPS) is 24.4. The van der Waals surface area contributed by atoms with E-state index in [2.05, 4.69) is 0 Å². The summed E-state index contributed by atoms with van der Waals surface area (Å²) in [6.07, 6.45) is -9.49. The van der Waals surface area contributed by atoms with E-state index in [1.54, 1.807) is 24.3 Å². The Hall–Kier alpha value is -10.0. The molecular weight excluding hydrogens is 1760 g/mol. The van der Waals surface area contributed by atoms with E-state index in [4.69, 9.17) is 56.8 Å². The average Bonchev–Trinajstić information content (AvgIpc) is 1.40. The molecule has 28 heteroatoms. The summed E-state index contributed by atoms with van der Waals surface area (Å²) in [6.45, 7) is 26.7. The van der Waals surface area contributed by atoms with Crippen LogP contribution in [0.1, 0.15) is 281 Å². The Kier molecular flexibility index (Phi) is 26.7. The molecule has 14 atom stereocenters. The maximum absolute atomic E-state index is 17.3. The predicted octanol–water partition coefficient (Wildman–Crippen LogP) is 23.0. The Labute approximate surface area is 788 Å². The van der Waals surface area contributed by atoms with Crippen molar-refractivity contribution in [2.24, 2.45) is 0 Å². The lowest BCUT2D eigenvalue weighted by Gasteiger charge is -2.47. The van der Waals surface area contributed by atoms with Crippen LogP contribution in [0.4, 0.5) is 26.3 Å². The first-order chi connectivity index (χ1) is 65.0. The van der Waals surface area contributed by atoms with Crippen molar-refractivity contribution in [2.75, 3.05) is 52.9 Å². The number of hydrogen-bond acceptors (Lipinski definition) is 18. The van der Waals surface area contributed by atoms with Gasteiger partial charge in [0.15, 0.2) is 0 Å². The van der Waals surface area contributed by atoms with Crippen molar-refractivity contribution in [3.05, 3.63) is 164 Å². The Balaban J connectivity index is 0.888. The molecule has 10 aliphatic rings. The fourth-order valence-corrected chi connectivity index (χ4v) is 21.9. The molecular formula is C108H122F6N4O18. The van der Waals surface area contributed by atoms with Gasteiger partial charge in [-0.05, 0) is 247 Å². The highest BCUT2D eigenvalue weighted by Crippen LogP contribution is 2.60. The molecule has 136 heavy (non-hydrogen) atoms. The monoisotopic (exact) mass is 1880 g/mol. The van der Waals surface area contributed by atoms with Crippen LogP contribution in [-0.4, -0.2) is 205 Å². The molecule has 22 nitrogen and oxygen atoms in total. The number of halogens is 6. The second-order valence-electron chi connectivity index (χ2n) is 40.9. The lowest BCUT2D eigenvalue weighted by molar-refractivity contribution is -0.164. The average molecular weight is 1880 g/mol. The number of ether oxygens (including phenoxy) is 12. The highest BCUT2D eigenvalue weighted by atomic mass is 19.4. The minimum atomic E-state index is -5.21. The molecule has 724 valence electrons. The number of aryl methyl sites for hydroxylation is 4. The summed E-state index contributed by atoms with van der Waals surface area (Å²) in [5.74, 6) is -7.24. The quantitative estimate of drug-likeness (QED) is 0.0120. The zero-order valence-corrected chi connectivity index (χ0v) is 79.4. The highest BCUT2D eigenvalue weighted by Gasteiger charge is 2.55. The van der Waals surface area contributed by atoms with Gasteiger partial charge in [0.2, 0.25) is 11.8 Å². The van der Waals surface area contributed by atoms with Crippen LogP contribution in [0.25, 0.3) is 43.1 Å². The van der Waals surface area contributed by atoms with Crippen LogP contribution in [0.3, 0.4) is 0 Å². The molecule has 4 aliphatic carbocycles. The molecule has 0 radical (unpaired) electrons. The molecule has 9 aromatic rings. The van der Waals surface area contributed by atoms with Gasteiger partial charge >= 0.3 is 12.4 Å². The third kappa shape index (κ3) is 19.8. The van der Waals surface area contributed by atoms with E-state index in [1.165, 1.54) is 34.1 Å². The number of imide groups is 2. The van der Waals surface area contributed by atoms with Crippen molar-refractivity contribution in [1.82, 2.24) is 19.6 Å². The fraction of sp³-hybridized carbons (Fsp3) is 0.537. The molecule has 14 unspecified atom stereocenters. The molecule has 8 fully saturated rings. The van der Waals surface area contributed by atoms with Gasteiger partial charge in [0.25, 0.3) is 23.6 Å². The van der Waals surface area contributed by atoms with Crippen molar-refractivity contribution in [1.29, 1.82) is 0 Å². The summed E-state index contributed by atoms with van der Waals surface area (Å²) in [4.78, 5) is 107. The molecule has 0 spiro atoms. The van der Waals surface area contributed by atoms with Crippen molar-refractivity contribution < 1.29 is 112 Å². The van der Waals surface area contributed by atoms with E-state index in [0.29, 0.717) is 136 Å². The van der Waals surface area contributed by atoms with Crippen LogP contribution in [0.15, 0.2) is 97.1 Å². The SMILES string of the molecule is Cc1cc(C(C)C)ccc1Oc1cc2c3c(cc(Oc4ccc(C(C)C)cc4C)c4c5c(Oc6ccc(C(C)C)cc6C)cc6c7c(cc(Oc8ccc(C(C)C)cc8C)c(c1c34)c75)C(=O)N(C(CC(F)(F)F)C(=O)N(C1CCCC(OCC3CO3)C1)C1CCCC(OCC3CO3)C1)C6=O)C(=O)N(C(CC(F)(F)F)C(=O)N(C1CCCC(OCC3CO3)C1)C1CCCC(OCC3CO3)C1)C2=O. The van der Waals surface area contributed by atoms with E-state index < -0.39 is 121 Å². The van der Waals surface area contributed by atoms with E-state index in [1.807, 2.05) is 132 Å². The van der Waals surface area contributed by atoms with Gasteiger partial charge in [0.05, 0.1) is 112 Å². The van der Waals surface area contributed by atoms with Gasteiger partial charge in [0.1, 0.15) is 82.5 Å². The molecule has 0 aromatic heterocycles. The summed E-state index contributed by atoms with van der Waals surface area (Å²) in [6, 6.07) is 19.7. The number of carbonyl (C=O) groups is 6. The summed E-state index contributed by atoms with van der Waals surface area (Å²) >= 11 is 0. The lowest BCUT2D eigenvalue weighted by atomic mass is 9.80. The predicted molar refractivity (Wildman–Crippen MR) is 500 cm³/mol. The fourth-order valence-electron chi connectivity index (χ4n) is 21.9. The van der Waals surface area contributed by atoms with Crippen LogP contribution in [0.5, 0.6) is 46.0 Å². The molecule has 0 N–H and O–H groups in total. The summed E-state index contributed by atoms with van der Waals surface area (Å²) < 4.78 is 177. The number of benzene rings is 9. The van der Waals surface area contributed by atoms with Gasteiger partial charge in [-0.15, -0.1) is 0 Å². The number of rotatable bonds is 34. The first-order valence-electron chi connectivity index (χ1n) is 49.0. The topological polar surface area (TPSA) is 239 Å². The van der Waals surface area contributed by atoms with Crippen LogP contribution in [0, 0.1) is 27.7 Å². The maximum atomic E-state index is 17.3. The van der Waals surface area contributed by atoms with Crippen molar-refractivity contribution in [3.8, 4) is 46.0 Å². The zero-order valence-electron chi connectivity index (χ0n) is 79.4. The highest BCUT2D eigenvalue weighted by molar-refractivity contribution is 6.45. The number of hydrogen-bond donors (Lipinski definition) is 0. The Morgan fingerprint density at radius 3 is 0.765 bits per heavy atom. The molecule has 9 aromatic carbocycles. The van der Waals surface area contributed by atoms with Gasteiger partial charge in [-0.2, -0.15) is 26.3 Å². The molecule has 6 heterocycles. The zero-order chi connectivity index (χ0) is 95.5. The minimum absolute atomic E-state index is 0.00226. The largest absolute Gasteiger partial charge is 0.456 e. The van der Waals surface area contributed by atoms with Crippen molar-refractivity contribution in [2.45, 2.75) is 320 Å². The van der Waals surface area contributed by atoms with E-state index >= 15 is 55.1 Å². The maximum Gasteiger partial charge on any atom is 0.391 e. The number of nitrogens with zero attached hydrogens (tertiary/aromatic N) is 4. The third-order valence-corrected chi connectivity index (χ3v) is 29.5. The van der Waals surface area contributed by atoms with E-state index in [9.17, 15) is 0 Å². The molecule has 6 amide bonds. The standard InChI is InChI=1S/C108H122F6N4O18/c1-55(2)63-25-29-85(59(9)33-63)133-89-41-79-93-80(102(120)117(101(79)119)83(45-107(109,110)111)105(123)115(67-17-13-21-71(37-67)125-47-75-51-129-75)68-18-14-22-72(38-68)126-48-76-52-130-76)43-91(135-87-31-27-65(57(5)6)35-61(87)11)97-98-92(136-88-32-28-66(58(7)8)36-62(88)12)44-82-94-81(42-90(96(100(94)98)95(89)99(93)97)134-86-30-26-64(56(3)4)34-60(86)10)103(121)118(104(82)122)84(46-108(112,113)114)106(124)116(69-19-15-23-73(39-69)127-49-77-53-131-77)70-20-16-24-74(40-70)128-50-78-54-132-78/h25-36,41-44,55-58,67-78,83-84H,13-24,37-40,45-54H2,1-12H3. The number of fused-ring (bicyclic) bond motifs is 2. The number of epoxide rings is 4. The summed E-state index contributed by atoms with van der Waals surface area (Å²) in [5.41, 5.74) is 4.48. The van der Waals surface area contributed by atoms with Crippen LogP contribution < -0.4 is 18.9 Å². The molecule has 4 saturated heterocycles. The van der Waals surface area contributed by atoms with Crippen LogP contribution in [0.2, 0.25) is 0 Å². The Morgan fingerprint density at radius 2 is 0.566 bits per heavy atom. The Bertz CT molecular complexity index is 5430. The van der Waals surface area contributed by atoms with E-state index in [-0.39, 0.29) is 212 Å². The first-order valence-corrected chi connectivity index (χ1v) is 49.0. The third-order valence-electron chi connectivity index (χ3n) is 29.5. The lowest BCUT2D eigenvalue weighted by Crippen LogP contribution is -2.61. The van der Waals surface area contributed by atoms with Gasteiger partial charge in [-0.1, -0.05) is 104 Å². The van der Waals surface area contributed by atoms with Crippen LogP contribution >= 0.6 is 0 Å². The van der Waals surface area contributed by atoms with Gasteiger partial charge in [0, 0.05) is 67.3 Å². The Morgan fingerprint density at radius 1 is 0.338 bits per heavy atom.